The first-order chi connectivity index (χ1) is 13.1. The number of thiazole rings is 1. The van der Waals surface area contributed by atoms with Gasteiger partial charge in [-0.15, -0.1) is 28.1 Å². The summed E-state index contributed by atoms with van der Waals surface area (Å²) in [5.41, 5.74) is 2.06. The zero-order valence-electron chi connectivity index (χ0n) is 15.3. The number of rotatable bonds is 8. The standard InChI is InChI=1S/C19H21N5OS2/c1-4-10-24-16(11-15-8-6-5-7-9-15)22-23-19(24)27-14(3)17(25)21-18-20-13(2)12-26-18/h4-9,12,14H,1,10-11H2,2-3H3,(H,20,21,25). The summed E-state index contributed by atoms with van der Waals surface area (Å²) in [6.07, 6.45) is 2.49. The van der Waals surface area contributed by atoms with Gasteiger partial charge in [-0.05, 0) is 19.4 Å². The van der Waals surface area contributed by atoms with Crippen LogP contribution in [-0.2, 0) is 17.8 Å². The van der Waals surface area contributed by atoms with Gasteiger partial charge in [-0.25, -0.2) is 4.98 Å². The number of thioether (sulfide) groups is 1. The number of anilines is 1. The molecule has 1 N–H and O–H groups in total. The van der Waals surface area contributed by atoms with Gasteiger partial charge in [-0.3, -0.25) is 4.79 Å². The highest BCUT2D eigenvalue weighted by molar-refractivity contribution is 8.00. The van der Waals surface area contributed by atoms with E-state index in [1.807, 2.05) is 48.1 Å². The van der Waals surface area contributed by atoms with Crippen LogP contribution in [-0.4, -0.2) is 30.9 Å². The monoisotopic (exact) mass is 399 g/mol. The molecule has 0 aliphatic rings. The van der Waals surface area contributed by atoms with Crippen LogP contribution in [0.4, 0.5) is 5.13 Å². The van der Waals surface area contributed by atoms with Crippen molar-refractivity contribution >= 4 is 34.1 Å². The average molecular weight is 400 g/mol. The fourth-order valence-corrected chi connectivity index (χ4v) is 4.03. The van der Waals surface area contributed by atoms with Crippen molar-refractivity contribution in [1.82, 2.24) is 19.7 Å². The van der Waals surface area contributed by atoms with E-state index in [0.29, 0.717) is 23.3 Å². The summed E-state index contributed by atoms with van der Waals surface area (Å²) in [5, 5.41) is 14.4. The van der Waals surface area contributed by atoms with E-state index in [1.165, 1.54) is 23.1 Å². The van der Waals surface area contributed by atoms with Gasteiger partial charge < -0.3 is 9.88 Å². The van der Waals surface area contributed by atoms with Gasteiger partial charge in [0, 0.05) is 18.3 Å². The lowest BCUT2D eigenvalue weighted by molar-refractivity contribution is -0.115. The predicted octanol–water partition coefficient (Wildman–Crippen LogP) is 3.94. The van der Waals surface area contributed by atoms with E-state index in [4.69, 9.17) is 0 Å². The molecule has 8 heteroatoms. The van der Waals surface area contributed by atoms with Gasteiger partial charge in [-0.2, -0.15) is 0 Å². The molecular formula is C19H21N5OS2. The van der Waals surface area contributed by atoms with Crippen LogP contribution in [0.15, 0.2) is 53.5 Å². The number of hydrogen-bond acceptors (Lipinski definition) is 6. The lowest BCUT2D eigenvalue weighted by Crippen LogP contribution is -2.23. The highest BCUT2D eigenvalue weighted by atomic mass is 32.2. The Morgan fingerprint density at radius 3 is 2.81 bits per heavy atom. The van der Waals surface area contributed by atoms with Crippen LogP contribution in [0, 0.1) is 6.92 Å². The maximum Gasteiger partial charge on any atom is 0.239 e. The molecule has 1 atom stereocenters. The molecule has 3 aromatic rings. The maximum absolute atomic E-state index is 12.5. The fourth-order valence-electron chi connectivity index (χ4n) is 2.46. The Morgan fingerprint density at radius 1 is 1.37 bits per heavy atom. The van der Waals surface area contributed by atoms with Gasteiger partial charge in [0.1, 0.15) is 5.82 Å². The molecule has 140 valence electrons. The van der Waals surface area contributed by atoms with E-state index < -0.39 is 0 Å². The predicted molar refractivity (Wildman–Crippen MR) is 110 cm³/mol. The molecule has 2 heterocycles. The molecule has 2 aromatic heterocycles. The Morgan fingerprint density at radius 2 is 2.15 bits per heavy atom. The third-order valence-electron chi connectivity index (χ3n) is 3.81. The molecule has 3 rings (SSSR count). The third kappa shape index (κ3) is 5.05. The number of carbonyl (C=O) groups is 1. The Labute approximate surface area is 166 Å². The van der Waals surface area contributed by atoms with Crippen molar-refractivity contribution in [2.24, 2.45) is 0 Å². The van der Waals surface area contributed by atoms with Crippen molar-refractivity contribution in [2.45, 2.75) is 37.2 Å². The molecule has 0 aliphatic carbocycles. The Hall–Kier alpha value is -2.45. The number of aromatic nitrogens is 4. The molecule has 0 saturated carbocycles. The normalized spacial score (nSPS) is 11.9. The van der Waals surface area contributed by atoms with Crippen LogP contribution < -0.4 is 5.32 Å². The maximum atomic E-state index is 12.5. The second-order valence-corrected chi connectivity index (χ2v) is 8.17. The molecule has 6 nitrogen and oxygen atoms in total. The molecule has 0 saturated heterocycles. The van der Waals surface area contributed by atoms with Crippen molar-refractivity contribution in [3.63, 3.8) is 0 Å². The first-order valence-electron chi connectivity index (χ1n) is 8.53. The summed E-state index contributed by atoms with van der Waals surface area (Å²) in [5.74, 6) is 0.749. The van der Waals surface area contributed by atoms with E-state index in [0.717, 1.165) is 17.1 Å². The fraction of sp³-hybridized carbons (Fsp3) is 0.263. The van der Waals surface area contributed by atoms with Crippen molar-refractivity contribution in [3.05, 3.63) is 65.4 Å². The number of nitrogens with one attached hydrogen (secondary N) is 1. The lowest BCUT2D eigenvalue weighted by atomic mass is 10.1. The SMILES string of the molecule is C=CCn1c(Cc2ccccc2)nnc1SC(C)C(=O)Nc1nc(C)cs1. The molecule has 0 fully saturated rings. The van der Waals surface area contributed by atoms with Gasteiger partial charge in [-0.1, -0.05) is 48.2 Å². The lowest BCUT2D eigenvalue weighted by Gasteiger charge is -2.12. The average Bonchev–Trinajstić information content (AvgIpc) is 3.23. The third-order valence-corrected chi connectivity index (χ3v) is 5.77. The second-order valence-electron chi connectivity index (χ2n) is 6.00. The Balaban J connectivity index is 1.71. The number of hydrogen-bond donors (Lipinski definition) is 1. The van der Waals surface area contributed by atoms with Crippen molar-refractivity contribution in [3.8, 4) is 0 Å². The van der Waals surface area contributed by atoms with Crippen LogP contribution in [0.2, 0.25) is 0 Å². The number of benzene rings is 1. The first-order valence-corrected chi connectivity index (χ1v) is 10.3. The number of allylic oxidation sites excluding steroid dienone is 1. The van der Waals surface area contributed by atoms with Gasteiger partial charge >= 0.3 is 0 Å². The zero-order chi connectivity index (χ0) is 19.2. The Kier molecular flexibility index (Phi) is 6.41. The highest BCUT2D eigenvalue weighted by Gasteiger charge is 2.20. The molecule has 1 aromatic carbocycles. The molecule has 0 bridgehead atoms. The van der Waals surface area contributed by atoms with E-state index >= 15 is 0 Å². The molecular weight excluding hydrogens is 378 g/mol. The number of amides is 1. The Bertz CT molecular complexity index is 919. The highest BCUT2D eigenvalue weighted by Crippen LogP contribution is 2.25. The summed E-state index contributed by atoms with van der Waals surface area (Å²) in [4.78, 5) is 16.7. The van der Waals surface area contributed by atoms with Crippen molar-refractivity contribution in [2.75, 3.05) is 5.32 Å². The molecule has 27 heavy (non-hydrogen) atoms. The summed E-state index contributed by atoms with van der Waals surface area (Å²) >= 11 is 2.80. The van der Waals surface area contributed by atoms with Gasteiger partial charge in [0.05, 0.1) is 10.9 Å². The topological polar surface area (TPSA) is 72.7 Å². The van der Waals surface area contributed by atoms with E-state index in [1.54, 1.807) is 0 Å². The first kappa shape index (κ1) is 19.3. The van der Waals surface area contributed by atoms with Gasteiger partial charge in [0.2, 0.25) is 5.91 Å². The summed E-state index contributed by atoms with van der Waals surface area (Å²) in [6.45, 7) is 8.17. The molecule has 0 aliphatic heterocycles. The summed E-state index contributed by atoms with van der Waals surface area (Å²) < 4.78 is 2.00. The van der Waals surface area contributed by atoms with Gasteiger partial charge in [0.15, 0.2) is 10.3 Å². The van der Waals surface area contributed by atoms with Gasteiger partial charge in [0.25, 0.3) is 0 Å². The van der Waals surface area contributed by atoms with E-state index in [-0.39, 0.29) is 11.2 Å². The summed E-state index contributed by atoms with van der Waals surface area (Å²) in [7, 11) is 0. The van der Waals surface area contributed by atoms with Crippen LogP contribution in [0.3, 0.4) is 0 Å². The van der Waals surface area contributed by atoms with Crippen LogP contribution in [0.25, 0.3) is 0 Å². The molecule has 1 amide bonds. The number of nitrogens with zero attached hydrogens (tertiary/aromatic N) is 4. The van der Waals surface area contributed by atoms with Crippen molar-refractivity contribution in [1.29, 1.82) is 0 Å². The molecule has 0 spiro atoms. The number of aryl methyl sites for hydroxylation is 1. The van der Waals surface area contributed by atoms with Crippen LogP contribution in [0.5, 0.6) is 0 Å². The molecule has 1 unspecified atom stereocenters. The van der Waals surface area contributed by atoms with E-state index in [2.05, 4.69) is 39.2 Å². The van der Waals surface area contributed by atoms with Crippen LogP contribution >= 0.6 is 23.1 Å². The minimum Gasteiger partial charge on any atom is -0.302 e. The molecule has 0 radical (unpaired) electrons. The minimum atomic E-state index is -0.327. The van der Waals surface area contributed by atoms with Crippen LogP contribution in [0.1, 0.15) is 24.0 Å². The minimum absolute atomic E-state index is 0.105. The van der Waals surface area contributed by atoms with E-state index in [9.17, 15) is 4.79 Å². The quantitative estimate of drug-likeness (QED) is 0.459. The number of carbonyl (C=O) groups excluding carboxylic acids is 1. The van der Waals surface area contributed by atoms with Crippen molar-refractivity contribution < 1.29 is 4.79 Å². The summed E-state index contributed by atoms with van der Waals surface area (Å²) in [6, 6.07) is 10.1. The smallest absolute Gasteiger partial charge is 0.239 e. The largest absolute Gasteiger partial charge is 0.302 e. The zero-order valence-corrected chi connectivity index (χ0v) is 16.9. The second kappa shape index (κ2) is 8.96.